The molecule has 1 aromatic carbocycles. The second-order valence-corrected chi connectivity index (χ2v) is 5.46. The van der Waals surface area contributed by atoms with Crippen molar-refractivity contribution in [2.75, 3.05) is 6.61 Å². The predicted octanol–water partition coefficient (Wildman–Crippen LogP) is 3.09. The molecule has 0 bridgehead atoms. The van der Waals surface area contributed by atoms with Gasteiger partial charge in [-0.15, -0.1) is 0 Å². The van der Waals surface area contributed by atoms with Crippen LogP contribution in [0.1, 0.15) is 55.4 Å². The van der Waals surface area contributed by atoms with Gasteiger partial charge in [0.2, 0.25) is 0 Å². The van der Waals surface area contributed by atoms with Crippen LogP contribution in [0.25, 0.3) is 0 Å². The van der Waals surface area contributed by atoms with E-state index in [1.165, 1.54) is 0 Å². The molecule has 0 unspecified atom stereocenters. The molecule has 0 atom stereocenters. The number of nitrogens with zero attached hydrogens (tertiary/aromatic N) is 2. The van der Waals surface area contributed by atoms with Crippen LogP contribution in [-0.4, -0.2) is 28.4 Å². The third-order valence-electron chi connectivity index (χ3n) is 3.36. The quantitative estimate of drug-likeness (QED) is 0.635. The molecule has 0 saturated carbocycles. The monoisotopic (exact) mass is 314 g/mol. The maximum atomic E-state index is 12.0. The fourth-order valence-corrected chi connectivity index (χ4v) is 1.96. The number of hydrazone groups is 1. The number of rotatable bonds is 6. The number of nitrogens with one attached hydrogen (secondary N) is 2. The zero-order valence-corrected chi connectivity index (χ0v) is 13.9. The van der Waals surface area contributed by atoms with E-state index in [1.807, 2.05) is 52.0 Å². The van der Waals surface area contributed by atoms with Crippen LogP contribution >= 0.6 is 0 Å². The standard InChI is InChI=1S/C17H22N4O2/c1-5-23-14-8-6-13(7-9-14)12(4)18-21-17(22)16-10-15(11(2)3)19-20-16/h6-11H,5H2,1-4H3,(H,19,20)(H,21,22)/b18-12-. The first-order valence-corrected chi connectivity index (χ1v) is 7.64. The number of ether oxygens (including phenoxy) is 1. The highest BCUT2D eigenvalue weighted by Crippen LogP contribution is 2.13. The minimum Gasteiger partial charge on any atom is -0.494 e. The number of benzene rings is 1. The second kappa shape index (κ2) is 7.58. The van der Waals surface area contributed by atoms with Gasteiger partial charge in [0, 0.05) is 5.69 Å². The molecule has 1 amide bonds. The van der Waals surface area contributed by atoms with Crippen molar-refractivity contribution in [2.45, 2.75) is 33.6 Å². The molecule has 1 heterocycles. The van der Waals surface area contributed by atoms with E-state index >= 15 is 0 Å². The van der Waals surface area contributed by atoms with E-state index in [2.05, 4.69) is 20.7 Å². The van der Waals surface area contributed by atoms with Crippen molar-refractivity contribution in [3.63, 3.8) is 0 Å². The van der Waals surface area contributed by atoms with Crippen molar-refractivity contribution in [3.05, 3.63) is 47.3 Å². The normalized spacial score (nSPS) is 11.6. The Labute approximate surface area is 135 Å². The van der Waals surface area contributed by atoms with Gasteiger partial charge in [0.05, 0.1) is 12.3 Å². The lowest BCUT2D eigenvalue weighted by atomic mass is 10.1. The molecule has 2 rings (SSSR count). The fraction of sp³-hybridized carbons (Fsp3) is 0.353. The predicted molar refractivity (Wildman–Crippen MR) is 90.0 cm³/mol. The lowest BCUT2D eigenvalue weighted by molar-refractivity contribution is 0.0950. The van der Waals surface area contributed by atoms with Gasteiger partial charge < -0.3 is 4.74 Å². The van der Waals surface area contributed by atoms with Gasteiger partial charge in [-0.1, -0.05) is 13.8 Å². The Balaban J connectivity index is 2.01. The van der Waals surface area contributed by atoms with Crippen molar-refractivity contribution in [1.82, 2.24) is 15.6 Å². The number of carbonyl (C=O) groups excluding carboxylic acids is 1. The summed E-state index contributed by atoms with van der Waals surface area (Å²) in [5.41, 5.74) is 5.40. The molecular formula is C17H22N4O2. The topological polar surface area (TPSA) is 79.4 Å². The Hall–Kier alpha value is -2.63. The molecule has 2 aromatic rings. The van der Waals surface area contributed by atoms with Crippen LogP contribution in [0.15, 0.2) is 35.4 Å². The van der Waals surface area contributed by atoms with Gasteiger partial charge in [-0.05, 0) is 55.7 Å². The minimum absolute atomic E-state index is 0.290. The van der Waals surface area contributed by atoms with Gasteiger partial charge in [-0.25, -0.2) is 5.43 Å². The largest absolute Gasteiger partial charge is 0.494 e. The molecule has 2 N–H and O–H groups in total. The number of aromatic amines is 1. The van der Waals surface area contributed by atoms with E-state index in [0.717, 1.165) is 17.0 Å². The number of H-pyrrole nitrogens is 1. The molecule has 6 heteroatoms. The number of amides is 1. The van der Waals surface area contributed by atoms with Crippen LogP contribution in [0, 0.1) is 0 Å². The molecule has 1 aromatic heterocycles. The fourth-order valence-electron chi connectivity index (χ4n) is 1.96. The lowest BCUT2D eigenvalue weighted by Gasteiger charge is -2.05. The molecule has 0 aliphatic heterocycles. The van der Waals surface area contributed by atoms with Gasteiger partial charge in [-0.3, -0.25) is 9.89 Å². The summed E-state index contributed by atoms with van der Waals surface area (Å²) in [4.78, 5) is 12.0. The molecule has 0 spiro atoms. The van der Waals surface area contributed by atoms with E-state index in [0.29, 0.717) is 18.0 Å². The van der Waals surface area contributed by atoms with Gasteiger partial charge in [-0.2, -0.15) is 10.2 Å². The van der Waals surface area contributed by atoms with Gasteiger partial charge in [0.15, 0.2) is 5.69 Å². The molecule has 0 aliphatic rings. The highest BCUT2D eigenvalue weighted by atomic mass is 16.5. The zero-order valence-electron chi connectivity index (χ0n) is 13.9. The van der Waals surface area contributed by atoms with Crippen LogP contribution in [0.3, 0.4) is 0 Å². The Morgan fingerprint density at radius 2 is 2.04 bits per heavy atom. The summed E-state index contributed by atoms with van der Waals surface area (Å²) in [6.45, 7) is 8.47. The Bertz CT molecular complexity index is 687. The summed E-state index contributed by atoms with van der Waals surface area (Å²) in [5.74, 6) is 0.766. The highest BCUT2D eigenvalue weighted by Gasteiger charge is 2.11. The van der Waals surface area contributed by atoms with Gasteiger partial charge >= 0.3 is 0 Å². The average Bonchev–Trinajstić information content (AvgIpc) is 3.03. The van der Waals surface area contributed by atoms with Crippen molar-refractivity contribution in [3.8, 4) is 5.75 Å². The summed E-state index contributed by atoms with van der Waals surface area (Å²) < 4.78 is 5.40. The third-order valence-corrected chi connectivity index (χ3v) is 3.36. The van der Waals surface area contributed by atoms with E-state index in [4.69, 9.17) is 4.74 Å². The zero-order chi connectivity index (χ0) is 16.8. The van der Waals surface area contributed by atoms with E-state index in [1.54, 1.807) is 6.07 Å². The third kappa shape index (κ3) is 4.42. The summed E-state index contributed by atoms with van der Waals surface area (Å²) in [7, 11) is 0. The van der Waals surface area contributed by atoms with E-state index in [9.17, 15) is 4.79 Å². The van der Waals surface area contributed by atoms with Crippen LogP contribution in [0.2, 0.25) is 0 Å². The second-order valence-electron chi connectivity index (χ2n) is 5.46. The molecule has 0 radical (unpaired) electrons. The number of aromatic nitrogens is 2. The first-order chi connectivity index (χ1) is 11.0. The van der Waals surface area contributed by atoms with E-state index in [-0.39, 0.29) is 11.8 Å². The average molecular weight is 314 g/mol. The first kappa shape index (κ1) is 16.7. The molecule has 122 valence electrons. The van der Waals surface area contributed by atoms with Crippen LogP contribution in [-0.2, 0) is 0 Å². The molecule has 0 aliphatic carbocycles. The number of hydrogen-bond donors (Lipinski definition) is 2. The Morgan fingerprint density at radius 3 is 2.61 bits per heavy atom. The van der Waals surface area contributed by atoms with Crippen LogP contribution < -0.4 is 10.2 Å². The molecule has 0 fully saturated rings. The van der Waals surface area contributed by atoms with Crippen molar-refractivity contribution in [2.24, 2.45) is 5.10 Å². The Kier molecular flexibility index (Phi) is 5.51. The van der Waals surface area contributed by atoms with Gasteiger partial charge in [0.1, 0.15) is 5.75 Å². The SMILES string of the molecule is CCOc1ccc(/C(C)=N\NC(=O)c2cc(C(C)C)[nH]n2)cc1. The molecule has 6 nitrogen and oxygen atoms in total. The summed E-state index contributed by atoms with van der Waals surface area (Å²) in [6, 6.07) is 9.30. The smallest absolute Gasteiger partial charge is 0.291 e. The van der Waals surface area contributed by atoms with Gasteiger partial charge in [0.25, 0.3) is 5.91 Å². The highest BCUT2D eigenvalue weighted by molar-refractivity contribution is 6.00. The molecular weight excluding hydrogens is 292 g/mol. The number of carbonyl (C=O) groups is 1. The van der Waals surface area contributed by atoms with Crippen LogP contribution in [0.4, 0.5) is 0 Å². The van der Waals surface area contributed by atoms with Crippen molar-refractivity contribution >= 4 is 11.6 Å². The first-order valence-electron chi connectivity index (χ1n) is 7.64. The van der Waals surface area contributed by atoms with Crippen LogP contribution in [0.5, 0.6) is 5.75 Å². The maximum Gasteiger partial charge on any atom is 0.291 e. The maximum absolute atomic E-state index is 12.0. The number of hydrogen-bond acceptors (Lipinski definition) is 4. The van der Waals surface area contributed by atoms with Crippen molar-refractivity contribution < 1.29 is 9.53 Å². The van der Waals surface area contributed by atoms with Crippen molar-refractivity contribution in [1.29, 1.82) is 0 Å². The summed E-state index contributed by atoms with van der Waals surface area (Å²) in [5, 5.41) is 11.0. The lowest BCUT2D eigenvalue weighted by Crippen LogP contribution is -2.19. The summed E-state index contributed by atoms with van der Waals surface area (Å²) >= 11 is 0. The molecule has 0 saturated heterocycles. The molecule has 23 heavy (non-hydrogen) atoms. The van der Waals surface area contributed by atoms with E-state index < -0.39 is 0 Å². The minimum atomic E-state index is -0.335. The summed E-state index contributed by atoms with van der Waals surface area (Å²) in [6.07, 6.45) is 0. The Morgan fingerprint density at radius 1 is 1.35 bits per heavy atom.